The number of piperazine rings is 1. The summed E-state index contributed by atoms with van der Waals surface area (Å²) >= 11 is 1.65. The van der Waals surface area contributed by atoms with Crippen LogP contribution in [0.2, 0.25) is 0 Å². The molecule has 0 bridgehead atoms. The Labute approximate surface area is 126 Å². The predicted octanol–water partition coefficient (Wildman–Crippen LogP) is 2.72. The van der Waals surface area contributed by atoms with E-state index in [1.165, 1.54) is 10.5 Å². The van der Waals surface area contributed by atoms with Crippen LogP contribution in [-0.2, 0) is 4.79 Å². The lowest BCUT2D eigenvalue weighted by molar-refractivity contribution is -0.130. The summed E-state index contributed by atoms with van der Waals surface area (Å²) in [5, 5.41) is 3.26. The lowest BCUT2D eigenvalue weighted by atomic mass is 10.0. The summed E-state index contributed by atoms with van der Waals surface area (Å²) in [4.78, 5) is 15.5. The first-order valence-electron chi connectivity index (χ1n) is 7.34. The third-order valence-electron chi connectivity index (χ3n) is 3.64. The van der Waals surface area contributed by atoms with E-state index in [4.69, 9.17) is 0 Å². The fourth-order valence-electron chi connectivity index (χ4n) is 2.33. The minimum absolute atomic E-state index is 0.0157. The van der Waals surface area contributed by atoms with Crippen LogP contribution in [0.1, 0.15) is 32.3 Å². The van der Waals surface area contributed by atoms with Gasteiger partial charge in [0.15, 0.2) is 0 Å². The van der Waals surface area contributed by atoms with Gasteiger partial charge in [0.2, 0.25) is 5.91 Å². The van der Waals surface area contributed by atoms with Crippen LogP contribution in [0.5, 0.6) is 0 Å². The van der Waals surface area contributed by atoms with Crippen molar-refractivity contribution in [1.82, 2.24) is 10.2 Å². The summed E-state index contributed by atoms with van der Waals surface area (Å²) in [6, 6.07) is 8.58. The van der Waals surface area contributed by atoms with Crippen molar-refractivity contribution in [3.05, 3.63) is 29.8 Å². The van der Waals surface area contributed by atoms with Gasteiger partial charge in [-0.1, -0.05) is 26.0 Å². The highest BCUT2D eigenvalue weighted by Crippen LogP contribution is 2.26. The molecule has 1 fully saturated rings. The zero-order valence-corrected chi connectivity index (χ0v) is 13.4. The Morgan fingerprint density at radius 3 is 2.30 bits per heavy atom. The average molecular weight is 292 g/mol. The third-order valence-corrected chi connectivity index (χ3v) is 4.74. The van der Waals surface area contributed by atoms with Crippen LogP contribution in [0.15, 0.2) is 29.2 Å². The van der Waals surface area contributed by atoms with Crippen molar-refractivity contribution in [3.63, 3.8) is 0 Å². The molecule has 1 aliphatic rings. The number of amides is 1. The summed E-state index contributed by atoms with van der Waals surface area (Å²) in [5.74, 6) is 0.804. The number of hydrogen-bond acceptors (Lipinski definition) is 3. The molecule has 1 atom stereocenters. The molecule has 0 spiro atoms. The van der Waals surface area contributed by atoms with Crippen LogP contribution in [0.25, 0.3) is 0 Å². The van der Waals surface area contributed by atoms with E-state index in [0.29, 0.717) is 5.92 Å². The van der Waals surface area contributed by atoms with Crippen LogP contribution < -0.4 is 5.32 Å². The van der Waals surface area contributed by atoms with Crippen molar-refractivity contribution in [2.75, 3.05) is 26.2 Å². The maximum Gasteiger partial charge on any atom is 0.235 e. The number of hydrogen-bond donors (Lipinski definition) is 1. The largest absolute Gasteiger partial charge is 0.339 e. The van der Waals surface area contributed by atoms with E-state index in [0.717, 1.165) is 26.2 Å². The van der Waals surface area contributed by atoms with E-state index >= 15 is 0 Å². The lowest BCUT2D eigenvalue weighted by Crippen LogP contribution is -2.48. The van der Waals surface area contributed by atoms with Gasteiger partial charge in [0.05, 0.1) is 5.25 Å². The van der Waals surface area contributed by atoms with Crippen molar-refractivity contribution < 1.29 is 4.79 Å². The summed E-state index contributed by atoms with van der Waals surface area (Å²) in [6.07, 6.45) is 0. The molecule has 1 aromatic rings. The number of benzene rings is 1. The predicted molar refractivity (Wildman–Crippen MR) is 85.3 cm³/mol. The van der Waals surface area contributed by atoms with Gasteiger partial charge >= 0.3 is 0 Å². The molecule has 1 aliphatic heterocycles. The summed E-state index contributed by atoms with van der Waals surface area (Å²) in [7, 11) is 0. The smallest absolute Gasteiger partial charge is 0.235 e. The second kappa shape index (κ2) is 7.14. The minimum Gasteiger partial charge on any atom is -0.339 e. The molecule has 1 heterocycles. The average Bonchev–Trinajstić information content (AvgIpc) is 2.48. The SMILES string of the molecule is CC(Sc1ccc(C(C)C)cc1)C(=O)N1CCNCC1. The fraction of sp³-hybridized carbons (Fsp3) is 0.562. The zero-order valence-electron chi connectivity index (χ0n) is 12.6. The van der Waals surface area contributed by atoms with E-state index < -0.39 is 0 Å². The number of carbonyl (C=O) groups excluding carboxylic acids is 1. The molecule has 1 unspecified atom stereocenters. The molecular formula is C16H24N2OS. The summed E-state index contributed by atoms with van der Waals surface area (Å²) in [6.45, 7) is 9.87. The Kier molecular flexibility index (Phi) is 5.49. The van der Waals surface area contributed by atoms with Gasteiger partial charge in [0, 0.05) is 31.1 Å². The number of rotatable bonds is 4. The van der Waals surface area contributed by atoms with Gasteiger partial charge in [-0.05, 0) is 30.5 Å². The highest BCUT2D eigenvalue weighted by atomic mass is 32.2. The van der Waals surface area contributed by atoms with Crippen molar-refractivity contribution in [2.24, 2.45) is 0 Å². The van der Waals surface area contributed by atoms with Crippen molar-refractivity contribution in [3.8, 4) is 0 Å². The summed E-state index contributed by atoms with van der Waals surface area (Å²) in [5.41, 5.74) is 1.34. The van der Waals surface area contributed by atoms with Crippen LogP contribution in [0.3, 0.4) is 0 Å². The molecule has 0 radical (unpaired) electrons. The number of carbonyl (C=O) groups is 1. The minimum atomic E-state index is -0.0157. The number of nitrogens with zero attached hydrogens (tertiary/aromatic N) is 1. The molecule has 2 rings (SSSR count). The lowest BCUT2D eigenvalue weighted by Gasteiger charge is -2.29. The summed E-state index contributed by atoms with van der Waals surface area (Å²) < 4.78 is 0. The maximum atomic E-state index is 12.4. The van der Waals surface area contributed by atoms with E-state index in [2.05, 4.69) is 43.4 Å². The first-order chi connectivity index (χ1) is 9.58. The van der Waals surface area contributed by atoms with Crippen LogP contribution in [-0.4, -0.2) is 42.2 Å². The number of thioether (sulfide) groups is 1. The van der Waals surface area contributed by atoms with Gasteiger partial charge in [0.1, 0.15) is 0 Å². The Bertz CT molecular complexity index is 438. The van der Waals surface area contributed by atoms with Crippen LogP contribution in [0.4, 0.5) is 0 Å². The highest BCUT2D eigenvalue weighted by Gasteiger charge is 2.22. The Balaban J connectivity index is 1.92. The number of nitrogens with one attached hydrogen (secondary N) is 1. The standard InChI is InChI=1S/C16H24N2OS/c1-12(2)14-4-6-15(7-5-14)20-13(3)16(19)18-10-8-17-9-11-18/h4-7,12-13,17H,8-11H2,1-3H3. The molecule has 1 N–H and O–H groups in total. The van der Waals surface area contributed by atoms with Crippen LogP contribution >= 0.6 is 11.8 Å². The highest BCUT2D eigenvalue weighted by molar-refractivity contribution is 8.00. The molecule has 0 saturated carbocycles. The van der Waals surface area contributed by atoms with Gasteiger partial charge in [-0.15, -0.1) is 11.8 Å². The van der Waals surface area contributed by atoms with Crippen LogP contribution in [0, 0.1) is 0 Å². The van der Waals surface area contributed by atoms with E-state index in [1.54, 1.807) is 11.8 Å². The maximum absolute atomic E-state index is 12.4. The van der Waals surface area contributed by atoms with Crippen molar-refractivity contribution in [2.45, 2.75) is 36.8 Å². The van der Waals surface area contributed by atoms with E-state index in [-0.39, 0.29) is 11.2 Å². The van der Waals surface area contributed by atoms with Gasteiger partial charge in [0.25, 0.3) is 0 Å². The van der Waals surface area contributed by atoms with E-state index in [9.17, 15) is 4.79 Å². The van der Waals surface area contributed by atoms with Gasteiger partial charge in [-0.25, -0.2) is 0 Å². The molecule has 0 aliphatic carbocycles. The normalized spacial score (nSPS) is 17.3. The fourth-order valence-corrected chi connectivity index (χ4v) is 3.28. The Morgan fingerprint density at radius 2 is 1.75 bits per heavy atom. The van der Waals surface area contributed by atoms with E-state index in [1.807, 2.05) is 11.8 Å². The van der Waals surface area contributed by atoms with Gasteiger partial charge in [-0.3, -0.25) is 4.79 Å². The third kappa shape index (κ3) is 4.00. The molecule has 1 saturated heterocycles. The second-order valence-electron chi connectivity index (χ2n) is 5.56. The molecule has 1 amide bonds. The Hall–Kier alpha value is -1.00. The molecule has 1 aromatic carbocycles. The molecule has 20 heavy (non-hydrogen) atoms. The Morgan fingerprint density at radius 1 is 1.15 bits per heavy atom. The van der Waals surface area contributed by atoms with Crippen molar-refractivity contribution in [1.29, 1.82) is 0 Å². The first kappa shape index (κ1) is 15.4. The monoisotopic (exact) mass is 292 g/mol. The topological polar surface area (TPSA) is 32.3 Å². The molecule has 4 heteroatoms. The van der Waals surface area contributed by atoms with Gasteiger partial charge in [-0.2, -0.15) is 0 Å². The second-order valence-corrected chi connectivity index (χ2v) is 6.97. The van der Waals surface area contributed by atoms with Crippen molar-refractivity contribution >= 4 is 17.7 Å². The molecular weight excluding hydrogens is 268 g/mol. The zero-order chi connectivity index (χ0) is 14.5. The molecule has 3 nitrogen and oxygen atoms in total. The quantitative estimate of drug-likeness (QED) is 0.866. The van der Waals surface area contributed by atoms with Gasteiger partial charge < -0.3 is 10.2 Å². The molecule has 0 aromatic heterocycles. The molecule has 110 valence electrons. The first-order valence-corrected chi connectivity index (χ1v) is 8.22.